The number of nitrogens with two attached hydrogens (primary N) is 1. The van der Waals surface area contributed by atoms with E-state index in [-0.39, 0.29) is 17.3 Å². The summed E-state index contributed by atoms with van der Waals surface area (Å²) >= 11 is 0. The van der Waals surface area contributed by atoms with Gasteiger partial charge in [-0.25, -0.2) is 4.98 Å². The molecule has 0 aliphatic rings. The Morgan fingerprint density at radius 2 is 2.06 bits per heavy atom. The lowest BCUT2D eigenvalue weighted by Gasteiger charge is -2.14. The van der Waals surface area contributed by atoms with E-state index in [4.69, 9.17) is 5.73 Å². The molecule has 0 aliphatic heterocycles. The summed E-state index contributed by atoms with van der Waals surface area (Å²) in [6.45, 7) is 3.24. The zero-order chi connectivity index (χ0) is 12.8. The topological polar surface area (TPSA) is 88.3 Å². The highest BCUT2D eigenvalue weighted by atomic mass is 16.2. The van der Waals surface area contributed by atoms with Crippen LogP contribution in [0.2, 0.25) is 0 Å². The highest BCUT2D eigenvalue weighted by Gasteiger charge is 2.10. The van der Waals surface area contributed by atoms with Crippen molar-refractivity contribution in [2.75, 3.05) is 20.3 Å². The third-order valence-electron chi connectivity index (χ3n) is 2.28. The van der Waals surface area contributed by atoms with Crippen molar-refractivity contribution in [1.29, 1.82) is 0 Å². The van der Waals surface area contributed by atoms with Crippen LogP contribution < -0.4 is 11.1 Å². The summed E-state index contributed by atoms with van der Waals surface area (Å²) < 4.78 is 0. The molecule has 1 rings (SSSR count). The molecule has 6 nitrogen and oxygen atoms in total. The van der Waals surface area contributed by atoms with Crippen molar-refractivity contribution in [3.05, 3.63) is 29.6 Å². The number of carbonyl (C=O) groups is 2. The zero-order valence-electron chi connectivity index (χ0n) is 9.93. The summed E-state index contributed by atoms with van der Waals surface area (Å²) in [5, 5.41) is 2.69. The first kappa shape index (κ1) is 13.1. The molecule has 0 aliphatic carbocycles. The van der Waals surface area contributed by atoms with Gasteiger partial charge in [-0.2, -0.15) is 0 Å². The number of rotatable bonds is 5. The molecule has 17 heavy (non-hydrogen) atoms. The lowest BCUT2D eigenvalue weighted by Crippen LogP contribution is -2.35. The van der Waals surface area contributed by atoms with Crippen molar-refractivity contribution in [1.82, 2.24) is 15.2 Å². The van der Waals surface area contributed by atoms with Crippen molar-refractivity contribution >= 4 is 11.8 Å². The first-order valence-corrected chi connectivity index (χ1v) is 5.28. The van der Waals surface area contributed by atoms with E-state index in [0.29, 0.717) is 6.67 Å². The van der Waals surface area contributed by atoms with E-state index in [0.717, 1.165) is 6.54 Å². The number of amides is 2. The van der Waals surface area contributed by atoms with Gasteiger partial charge in [-0.1, -0.05) is 13.0 Å². The van der Waals surface area contributed by atoms with E-state index in [9.17, 15) is 9.59 Å². The van der Waals surface area contributed by atoms with Gasteiger partial charge in [-0.15, -0.1) is 0 Å². The Morgan fingerprint density at radius 3 is 2.65 bits per heavy atom. The van der Waals surface area contributed by atoms with Gasteiger partial charge in [0.25, 0.3) is 11.8 Å². The van der Waals surface area contributed by atoms with Crippen LogP contribution in [-0.2, 0) is 0 Å². The molecule has 6 heteroatoms. The molecule has 2 amide bonds. The molecule has 3 N–H and O–H groups in total. The summed E-state index contributed by atoms with van der Waals surface area (Å²) in [6.07, 6.45) is 0. The van der Waals surface area contributed by atoms with E-state index < -0.39 is 5.91 Å². The van der Waals surface area contributed by atoms with E-state index in [1.165, 1.54) is 12.1 Å². The van der Waals surface area contributed by atoms with Crippen LogP contribution in [0.15, 0.2) is 18.2 Å². The molecule has 0 atom stereocenters. The van der Waals surface area contributed by atoms with Crippen molar-refractivity contribution in [3.63, 3.8) is 0 Å². The van der Waals surface area contributed by atoms with Crippen molar-refractivity contribution in [3.8, 4) is 0 Å². The fourth-order valence-corrected chi connectivity index (χ4v) is 1.11. The van der Waals surface area contributed by atoms with Gasteiger partial charge in [0.05, 0.1) is 6.67 Å². The molecule has 1 aromatic heterocycles. The Balaban J connectivity index is 2.69. The maximum Gasteiger partial charge on any atom is 0.270 e. The van der Waals surface area contributed by atoms with Gasteiger partial charge in [0.2, 0.25) is 0 Å². The predicted octanol–water partition coefficient (Wildman–Crippen LogP) is -0.180. The zero-order valence-corrected chi connectivity index (χ0v) is 9.93. The number of aromatic nitrogens is 1. The molecule has 0 fully saturated rings. The maximum absolute atomic E-state index is 11.7. The van der Waals surface area contributed by atoms with Gasteiger partial charge in [-0.3, -0.25) is 14.5 Å². The van der Waals surface area contributed by atoms with Gasteiger partial charge < -0.3 is 11.1 Å². The molecule has 0 saturated heterocycles. The molecule has 0 unspecified atom stereocenters. The molecule has 0 spiro atoms. The molecule has 0 bridgehead atoms. The van der Waals surface area contributed by atoms with Crippen LogP contribution in [0.4, 0.5) is 0 Å². The number of nitrogens with one attached hydrogen (secondary N) is 1. The Hall–Kier alpha value is -1.95. The van der Waals surface area contributed by atoms with Gasteiger partial charge in [0.1, 0.15) is 11.4 Å². The van der Waals surface area contributed by atoms with Crippen LogP contribution in [0.3, 0.4) is 0 Å². The molecule has 0 saturated carbocycles. The maximum atomic E-state index is 11.7. The summed E-state index contributed by atoms with van der Waals surface area (Å²) in [5.41, 5.74) is 5.36. The fraction of sp³-hybridized carbons (Fsp3) is 0.364. The average Bonchev–Trinajstić information content (AvgIpc) is 2.35. The van der Waals surface area contributed by atoms with Gasteiger partial charge in [0, 0.05) is 0 Å². The summed E-state index contributed by atoms with van der Waals surface area (Å²) in [7, 11) is 1.88. The number of hydrogen-bond acceptors (Lipinski definition) is 4. The Labute approximate surface area is 99.8 Å². The summed E-state index contributed by atoms with van der Waals surface area (Å²) in [4.78, 5) is 28.4. The van der Waals surface area contributed by atoms with Gasteiger partial charge in [0.15, 0.2) is 0 Å². The van der Waals surface area contributed by atoms with E-state index in [1.54, 1.807) is 6.07 Å². The molecular formula is C11H16N4O2. The quantitative estimate of drug-likeness (QED) is 0.694. The normalized spacial score (nSPS) is 10.3. The van der Waals surface area contributed by atoms with Crippen molar-refractivity contribution < 1.29 is 9.59 Å². The van der Waals surface area contributed by atoms with Crippen molar-refractivity contribution in [2.24, 2.45) is 5.73 Å². The fourth-order valence-electron chi connectivity index (χ4n) is 1.11. The smallest absolute Gasteiger partial charge is 0.270 e. The molecule has 1 heterocycles. The lowest BCUT2D eigenvalue weighted by atomic mass is 10.3. The van der Waals surface area contributed by atoms with Crippen molar-refractivity contribution in [2.45, 2.75) is 6.92 Å². The summed E-state index contributed by atoms with van der Waals surface area (Å²) in [6, 6.07) is 4.58. The first-order chi connectivity index (χ1) is 8.04. The Kier molecular flexibility index (Phi) is 4.59. The third-order valence-corrected chi connectivity index (χ3v) is 2.28. The minimum Gasteiger partial charge on any atom is -0.364 e. The van der Waals surface area contributed by atoms with E-state index in [1.807, 2.05) is 18.9 Å². The average molecular weight is 236 g/mol. The number of nitrogens with zero attached hydrogens (tertiary/aromatic N) is 2. The molecular weight excluding hydrogens is 220 g/mol. The van der Waals surface area contributed by atoms with Crippen LogP contribution in [-0.4, -0.2) is 42.0 Å². The molecule has 0 aromatic carbocycles. The SMILES string of the molecule is CCN(C)CNC(=O)c1cccc(C(N)=O)n1. The van der Waals surface area contributed by atoms with Crippen LogP contribution >= 0.6 is 0 Å². The monoisotopic (exact) mass is 236 g/mol. The van der Waals surface area contributed by atoms with Gasteiger partial charge >= 0.3 is 0 Å². The number of primary amides is 1. The van der Waals surface area contributed by atoms with Crippen LogP contribution in [0.5, 0.6) is 0 Å². The highest BCUT2D eigenvalue weighted by molar-refractivity contribution is 5.95. The Morgan fingerprint density at radius 1 is 1.41 bits per heavy atom. The predicted molar refractivity (Wildman–Crippen MR) is 63.4 cm³/mol. The minimum atomic E-state index is -0.648. The first-order valence-electron chi connectivity index (χ1n) is 5.28. The second-order valence-electron chi connectivity index (χ2n) is 3.61. The molecule has 0 radical (unpaired) electrons. The Bertz CT molecular complexity index is 420. The highest BCUT2D eigenvalue weighted by Crippen LogP contribution is 1.98. The van der Waals surface area contributed by atoms with Crippen LogP contribution in [0.25, 0.3) is 0 Å². The standard InChI is InChI=1S/C11H16N4O2/c1-3-15(2)7-13-11(17)9-6-4-5-8(14-9)10(12)16/h4-6H,3,7H2,1-2H3,(H2,12,16)(H,13,17). The number of pyridine rings is 1. The van der Waals surface area contributed by atoms with Crippen LogP contribution in [0.1, 0.15) is 27.9 Å². The largest absolute Gasteiger partial charge is 0.364 e. The molecule has 1 aromatic rings. The van der Waals surface area contributed by atoms with Gasteiger partial charge in [-0.05, 0) is 25.7 Å². The van der Waals surface area contributed by atoms with E-state index in [2.05, 4.69) is 10.3 Å². The van der Waals surface area contributed by atoms with E-state index >= 15 is 0 Å². The molecule has 92 valence electrons. The second kappa shape index (κ2) is 5.95. The number of carbonyl (C=O) groups excluding carboxylic acids is 2. The lowest BCUT2D eigenvalue weighted by molar-refractivity contribution is 0.0926. The minimum absolute atomic E-state index is 0.0847. The summed E-state index contributed by atoms with van der Waals surface area (Å²) in [5.74, 6) is -0.973. The second-order valence-corrected chi connectivity index (χ2v) is 3.61. The number of hydrogen-bond donors (Lipinski definition) is 2. The third kappa shape index (κ3) is 3.84. The van der Waals surface area contributed by atoms with Crippen LogP contribution in [0, 0.1) is 0 Å².